The lowest BCUT2D eigenvalue weighted by molar-refractivity contribution is -0.167. The molecule has 0 aliphatic rings. The highest BCUT2D eigenvalue weighted by atomic mass is 16.6. The van der Waals surface area contributed by atoms with Crippen LogP contribution in [0.4, 0.5) is 0 Å². The normalized spacial score (nSPS) is 13.4. The van der Waals surface area contributed by atoms with Crippen molar-refractivity contribution >= 4 is 17.9 Å². The summed E-state index contributed by atoms with van der Waals surface area (Å²) in [6.45, 7) is 6.15. The fourth-order valence-corrected chi connectivity index (χ4v) is 5.88. The second-order valence-electron chi connectivity index (χ2n) is 15.3. The van der Waals surface area contributed by atoms with Crippen molar-refractivity contribution in [2.24, 2.45) is 0 Å². The molecule has 0 saturated carbocycles. The van der Waals surface area contributed by atoms with E-state index in [1.54, 1.807) is 0 Å². The van der Waals surface area contributed by atoms with Gasteiger partial charge in [0.15, 0.2) is 6.10 Å². The minimum atomic E-state index is -0.829. The molecule has 350 valence electrons. The Balaban J connectivity index is 4.60. The summed E-state index contributed by atoms with van der Waals surface area (Å²) in [4.78, 5) is 37.9. The maximum atomic E-state index is 12.8. The highest BCUT2D eigenvalue weighted by Crippen LogP contribution is 2.11. The summed E-state index contributed by atoms with van der Waals surface area (Å²) >= 11 is 0. The molecule has 6 heteroatoms. The number of carbonyl (C=O) groups is 3. The van der Waals surface area contributed by atoms with Crippen molar-refractivity contribution in [3.05, 3.63) is 146 Å². The van der Waals surface area contributed by atoms with Gasteiger partial charge in [-0.1, -0.05) is 192 Å². The van der Waals surface area contributed by atoms with Crippen LogP contribution in [0.3, 0.4) is 0 Å². The lowest BCUT2D eigenvalue weighted by Gasteiger charge is -2.18. The number of unbranched alkanes of at least 4 members (excludes halogenated alkanes) is 10. The van der Waals surface area contributed by atoms with Gasteiger partial charge >= 0.3 is 17.9 Å². The average molecular weight is 867 g/mol. The van der Waals surface area contributed by atoms with Gasteiger partial charge < -0.3 is 14.2 Å². The van der Waals surface area contributed by atoms with Gasteiger partial charge in [0, 0.05) is 19.3 Å². The third-order valence-corrected chi connectivity index (χ3v) is 9.45. The topological polar surface area (TPSA) is 78.9 Å². The number of hydrogen-bond acceptors (Lipinski definition) is 6. The first-order valence-electron chi connectivity index (χ1n) is 24.4. The Morgan fingerprint density at radius 2 is 0.651 bits per heavy atom. The smallest absolute Gasteiger partial charge is 0.306 e. The van der Waals surface area contributed by atoms with Crippen LogP contribution >= 0.6 is 0 Å². The van der Waals surface area contributed by atoms with E-state index in [9.17, 15) is 14.4 Å². The molecule has 0 radical (unpaired) electrons. The van der Waals surface area contributed by atoms with E-state index in [0.29, 0.717) is 19.3 Å². The minimum absolute atomic E-state index is 0.124. The second-order valence-corrected chi connectivity index (χ2v) is 15.3. The number of hydrogen-bond donors (Lipinski definition) is 0. The van der Waals surface area contributed by atoms with Gasteiger partial charge in [0.05, 0.1) is 0 Å². The van der Waals surface area contributed by atoms with Gasteiger partial charge in [-0.3, -0.25) is 14.4 Å². The zero-order valence-corrected chi connectivity index (χ0v) is 39.8. The van der Waals surface area contributed by atoms with Crippen molar-refractivity contribution in [2.75, 3.05) is 13.2 Å². The molecule has 0 amide bonds. The van der Waals surface area contributed by atoms with Crippen molar-refractivity contribution in [1.82, 2.24) is 0 Å². The lowest BCUT2D eigenvalue weighted by Crippen LogP contribution is -2.30. The molecule has 0 N–H and O–H groups in total. The molecule has 0 bridgehead atoms. The zero-order chi connectivity index (χ0) is 45.8. The van der Waals surface area contributed by atoms with Crippen LogP contribution in [0.5, 0.6) is 0 Å². The predicted molar refractivity (Wildman–Crippen MR) is 269 cm³/mol. The van der Waals surface area contributed by atoms with Crippen molar-refractivity contribution in [3.8, 4) is 0 Å². The molecule has 0 aromatic rings. The van der Waals surface area contributed by atoms with Gasteiger partial charge in [-0.2, -0.15) is 0 Å². The summed E-state index contributed by atoms with van der Waals surface area (Å²) in [6.07, 6.45) is 71.1. The van der Waals surface area contributed by atoms with E-state index >= 15 is 0 Å². The first-order valence-corrected chi connectivity index (χ1v) is 24.4. The Kier molecular flexibility index (Phi) is 46.2. The molecule has 0 rings (SSSR count). The van der Waals surface area contributed by atoms with E-state index in [1.807, 2.05) is 48.6 Å². The SMILES string of the molecule is CC\C=C/C=C\C=C/C=C\C=C/CCCCCC(=O)OC(COC(=O)CCCCC/C=C\C/C=C\C/C=C\C/C=C\CC)COC(=O)CCCCCC/C=C\C/C=C\C/C=C\CC. The Morgan fingerprint density at radius 3 is 1.08 bits per heavy atom. The van der Waals surface area contributed by atoms with E-state index in [4.69, 9.17) is 14.2 Å². The standard InChI is InChI=1S/C57H86O6/c1-4-7-10-13-16-19-22-25-28-30-32-35-38-41-44-47-50-56(59)62-53-54(52-61-55(58)49-46-43-40-37-34-31-27-24-21-18-15-12-9-6-3)63-57(60)51-48-45-42-39-36-33-29-26-23-20-17-14-11-8-5-2/h7-12,14,16-21,23,25-29,31-33,35-36,54H,4-6,13,15,22,24,30,34,37-53H2,1-3H3/b10-7-,11-8-,12-9-,17-14-,19-16-,21-18-,23-20-,28-25-,29-26-,31-27-,35-32-,36-33-. The van der Waals surface area contributed by atoms with E-state index in [-0.39, 0.29) is 37.5 Å². The molecule has 0 aliphatic heterocycles. The minimum Gasteiger partial charge on any atom is -0.462 e. The Labute approximate surface area is 385 Å². The van der Waals surface area contributed by atoms with Gasteiger partial charge in [-0.25, -0.2) is 0 Å². The monoisotopic (exact) mass is 867 g/mol. The zero-order valence-electron chi connectivity index (χ0n) is 39.8. The fraction of sp³-hybridized carbons (Fsp3) is 0.526. The molecule has 0 aromatic heterocycles. The molecule has 0 aromatic carbocycles. The Hall–Kier alpha value is -4.71. The van der Waals surface area contributed by atoms with E-state index in [0.717, 1.165) is 128 Å². The third kappa shape index (κ3) is 48.2. The molecule has 0 heterocycles. The van der Waals surface area contributed by atoms with Gasteiger partial charge in [0.1, 0.15) is 13.2 Å². The van der Waals surface area contributed by atoms with Gasteiger partial charge in [-0.05, 0) is 109 Å². The van der Waals surface area contributed by atoms with Gasteiger partial charge in [0.2, 0.25) is 0 Å². The molecule has 0 saturated heterocycles. The van der Waals surface area contributed by atoms with E-state index in [1.165, 1.54) is 0 Å². The molecule has 63 heavy (non-hydrogen) atoms. The summed E-state index contributed by atoms with van der Waals surface area (Å²) in [7, 11) is 0. The van der Waals surface area contributed by atoms with Crippen LogP contribution in [0.2, 0.25) is 0 Å². The lowest BCUT2D eigenvalue weighted by atomic mass is 10.1. The number of allylic oxidation sites excluding steroid dienone is 24. The fourth-order valence-electron chi connectivity index (χ4n) is 5.88. The van der Waals surface area contributed by atoms with Crippen LogP contribution in [-0.2, 0) is 28.6 Å². The van der Waals surface area contributed by atoms with Gasteiger partial charge in [0.25, 0.3) is 0 Å². The van der Waals surface area contributed by atoms with Crippen LogP contribution in [0, 0.1) is 0 Å². The van der Waals surface area contributed by atoms with Crippen molar-refractivity contribution in [2.45, 2.75) is 181 Å². The average Bonchev–Trinajstić information content (AvgIpc) is 3.28. The molecule has 0 fully saturated rings. The molecular formula is C57H86O6. The largest absolute Gasteiger partial charge is 0.462 e. The molecule has 0 spiro atoms. The van der Waals surface area contributed by atoms with Crippen LogP contribution in [0.15, 0.2) is 146 Å². The molecule has 6 nitrogen and oxygen atoms in total. The van der Waals surface area contributed by atoms with Crippen LogP contribution < -0.4 is 0 Å². The molecule has 1 atom stereocenters. The Bertz CT molecular complexity index is 1460. The first-order chi connectivity index (χ1) is 31.0. The van der Waals surface area contributed by atoms with Gasteiger partial charge in [-0.15, -0.1) is 0 Å². The second kappa shape index (κ2) is 49.9. The van der Waals surface area contributed by atoms with Crippen molar-refractivity contribution in [1.29, 1.82) is 0 Å². The highest BCUT2D eigenvalue weighted by Gasteiger charge is 2.19. The summed E-state index contributed by atoms with van der Waals surface area (Å²) in [6, 6.07) is 0. The van der Waals surface area contributed by atoms with Crippen molar-refractivity contribution < 1.29 is 28.6 Å². The number of rotatable bonds is 41. The van der Waals surface area contributed by atoms with Crippen LogP contribution in [0.25, 0.3) is 0 Å². The summed E-state index contributed by atoms with van der Waals surface area (Å²) in [5.41, 5.74) is 0. The quantitative estimate of drug-likeness (QED) is 0.0200. The third-order valence-electron chi connectivity index (χ3n) is 9.45. The van der Waals surface area contributed by atoms with Crippen molar-refractivity contribution in [3.63, 3.8) is 0 Å². The maximum Gasteiger partial charge on any atom is 0.306 e. The summed E-state index contributed by atoms with van der Waals surface area (Å²) < 4.78 is 16.7. The Morgan fingerprint density at radius 1 is 0.333 bits per heavy atom. The first kappa shape index (κ1) is 58.3. The number of ether oxygens (including phenoxy) is 3. The highest BCUT2D eigenvalue weighted by molar-refractivity contribution is 5.71. The van der Waals surface area contributed by atoms with Crippen LogP contribution in [-0.4, -0.2) is 37.2 Å². The van der Waals surface area contributed by atoms with Crippen LogP contribution in [0.1, 0.15) is 175 Å². The molecule has 0 aliphatic carbocycles. The maximum absolute atomic E-state index is 12.8. The summed E-state index contributed by atoms with van der Waals surface area (Å²) in [5, 5.41) is 0. The predicted octanol–water partition coefficient (Wildman–Crippen LogP) is 16.1. The molecule has 1 unspecified atom stereocenters. The van der Waals surface area contributed by atoms with E-state index < -0.39 is 6.10 Å². The molecular weight excluding hydrogens is 781 g/mol. The number of esters is 3. The summed E-state index contributed by atoms with van der Waals surface area (Å²) in [5.74, 6) is -1.03. The number of carbonyl (C=O) groups excluding carboxylic acids is 3. The van der Waals surface area contributed by atoms with E-state index in [2.05, 4.69) is 118 Å².